The molecule has 0 spiro atoms. The Morgan fingerprint density at radius 2 is 2.04 bits per heavy atom. The number of anilines is 1. The van der Waals surface area contributed by atoms with E-state index in [-0.39, 0.29) is 23.5 Å². The van der Waals surface area contributed by atoms with Crippen LogP contribution in [0.15, 0.2) is 18.2 Å². The maximum atomic E-state index is 12.4. The highest BCUT2D eigenvalue weighted by molar-refractivity contribution is 5.96. The summed E-state index contributed by atoms with van der Waals surface area (Å²) in [5, 5.41) is 17.7. The topological polar surface area (TPSA) is 126 Å². The van der Waals surface area contributed by atoms with E-state index in [1.54, 1.807) is 18.7 Å². The van der Waals surface area contributed by atoms with Gasteiger partial charge >= 0.3 is 5.97 Å². The summed E-state index contributed by atoms with van der Waals surface area (Å²) in [5.74, 6) is -0.960. The van der Waals surface area contributed by atoms with Gasteiger partial charge in [0.1, 0.15) is 5.75 Å². The standard InChI is InChI=1S/C18H22N4O6/c1-10-14(11(2)21(4)20-10)9-17(23)28-12(3)18(24)19-15-8-13(22(25)26)6-7-16(15)27-5/h6-8,12H,9H2,1-5H3,(H,19,24). The molecular weight excluding hydrogens is 368 g/mol. The highest BCUT2D eigenvalue weighted by atomic mass is 16.6. The van der Waals surface area contributed by atoms with Gasteiger partial charge in [0, 0.05) is 30.4 Å². The minimum atomic E-state index is -1.10. The third-order valence-corrected chi connectivity index (χ3v) is 4.31. The van der Waals surface area contributed by atoms with Gasteiger partial charge in [-0.15, -0.1) is 0 Å². The van der Waals surface area contributed by atoms with Gasteiger partial charge in [0.05, 0.1) is 29.8 Å². The summed E-state index contributed by atoms with van der Waals surface area (Å²) in [6.07, 6.45) is -1.11. The fourth-order valence-electron chi connectivity index (χ4n) is 2.65. The fraction of sp³-hybridized carbons (Fsp3) is 0.389. The second-order valence-corrected chi connectivity index (χ2v) is 6.21. The van der Waals surface area contributed by atoms with Gasteiger partial charge in [-0.1, -0.05) is 0 Å². The molecule has 10 nitrogen and oxygen atoms in total. The highest BCUT2D eigenvalue weighted by Gasteiger charge is 2.22. The number of rotatable bonds is 7. The molecule has 1 N–H and O–H groups in total. The van der Waals surface area contributed by atoms with E-state index in [9.17, 15) is 19.7 Å². The lowest BCUT2D eigenvalue weighted by molar-refractivity contribution is -0.384. The van der Waals surface area contributed by atoms with Gasteiger partial charge in [-0.3, -0.25) is 24.4 Å². The summed E-state index contributed by atoms with van der Waals surface area (Å²) < 4.78 is 12.0. The largest absolute Gasteiger partial charge is 0.495 e. The van der Waals surface area contributed by atoms with Crippen molar-refractivity contribution in [3.8, 4) is 5.75 Å². The number of esters is 1. The Labute approximate surface area is 161 Å². The Morgan fingerprint density at radius 3 is 2.57 bits per heavy atom. The molecule has 1 aromatic carbocycles. The number of carbonyl (C=O) groups excluding carboxylic acids is 2. The molecule has 150 valence electrons. The highest BCUT2D eigenvalue weighted by Crippen LogP contribution is 2.29. The number of ether oxygens (including phenoxy) is 2. The van der Waals surface area contributed by atoms with Crippen molar-refractivity contribution in [2.75, 3.05) is 12.4 Å². The van der Waals surface area contributed by atoms with Crippen molar-refractivity contribution < 1.29 is 24.0 Å². The Balaban J connectivity index is 2.05. The van der Waals surface area contributed by atoms with E-state index in [2.05, 4.69) is 10.4 Å². The van der Waals surface area contributed by atoms with Crippen molar-refractivity contribution in [1.82, 2.24) is 9.78 Å². The Kier molecular flexibility index (Phi) is 6.34. The second-order valence-electron chi connectivity index (χ2n) is 6.21. The van der Waals surface area contributed by atoms with Crippen LogP contribution in [0.1, 0.15) is 23.9 Å². The molecule has 0 fully saturated rings. The first-order valence-corrected chi connectivity index (χ1v) is 8.45. The first-order valence-electron chi connectivity index (χ1n) is 8.45. The molecule has 1 aromatic heterocycles. The van der Waals surface area contributed by atoms with Crippen molar-refractivity contribution in [2.24, 2.45) is 7.05 Å². The van der Waals surface area contributed by atoms with Crippen LogP contribution in [0.4, 0.5) is 11.4 Å². The minimum absolute atomic E-state index is 0.0107. The van der Waals surface area contributed by atoms with Crippen LogP contribution in [0.3, 0.4) is 0 Å². The number of methoxy groups -OCH3 is 1. The number of benzene rings is 1. The number of aryl methyl sites for hydroxylation is 2. The minimum Gasteiger partial charge on any atom is -0.495 e. The van der Waals surface area contributed by atoms with Gasteiger partial charge in [0.15, 0.2) is 6.10 Å². The molecule has 0 aliphatic rings. The quantitative estimate of drug-likeness (QED) is 0.436. The molecule has 1 atom stereocenters. The first kappa shape index (κ1) is 20.9. The van der Waals surface area contributed by atoms with Crippen LogP contribution in [0.2, 0.25) is 0 Å². The number of nitrogens with one attached hydrogen (secondary N) is 1. The van der Waals surface area contributed by atoms with Crippen LogP contribution < -0.4 is 10.1 Å². The molecule has 28 heavy (non-hydrogen) atoms. The van der Waals surface area contributed by atoms with Crippen molar-refractivity contribution in [3.63, 3.8) is 0 Å². The molecule has 0 aliphatic carbocycles. The number of nitro benzene ring substituents is 1. The predicted molar refractivity (Wildman–Crippen MR) is 100 cm³/mol. The Hall–Kier alpha value is -3.43. The normalized spacial score (nSPS) is 11.6. The average Bonchev–Trinajstić information content (AvgIpc) is 2.87. The van der Waals surface area contributed by atoms with Crippen LogP contribution in [-0.2, 0) is 27.8 Å². The predicted octanol–water partition coefficient (Wildman–Crippen LogP) is 2.07. The molecule has 10 heteroatoms. The van der Waals surface area contributed by atoms with Gasteiger partial charge < -0.3 is 14.8 Å². The summed E-state index contributed by atoms with van der Waals surface area (Å²) >= 11 is 0. The maximum Gasteiger partial charge on any atom is 0.311 e. The first-order chi connectivity index (χ1) is 13.1. The van der Waals surface area contributed by atoms with Crippen molar-refractivity contribution in [2.45, 2.75) is 33.3 Å². The van der Waals surface area contributed by atoms with Crippen molar-refractivity contribution in [3.05, 3.63) is 45.3 Å². The number of non-ortho nitro benzene ring substituents is 1. The summed E-state index contributed by atoms with van der Waals surface area (Å²) in [6, 6.07) is 3.81. The van der Waals surface area contributed by atoms with Crippen molar-refractivity contribution in [1.29, 1.82) is 0 Å². The summed E-state index contributed by atoms with van der Waals surface area (Å²) in [7, 11) is 3.15. The molecule has 0 saturated heterocycles. The lowest BCUT2D eigenvalue weighted by atomic mass is 10.1. The smallest absolute Gasteiger partial charge is 0.311 e. The molecule has 0 aliphatic heterocycles. The molecule has 0 saturated carbocycles. The van der Waals surface area contributed by atoms with E-state index < -0.39 is 22.9 Å². The molecule has 2 rings (SSSR count). The number of aromatic nitrogens is 2. The number of hydrogen-bond donors (Lipinski definition) is 1. The monoisotopic (exact) mass is 390 g/mol. The van der Waals surface area contributed by atoms with E-state index in [1.807, 2.05) is 6.92 Å². The molecular formula is C18H22N4O6. The average molecular weight is 390 g/mol. The molecule has 0 radical (unpaired) electrons. The van der Waals surface area contributed by atoms with Gasteiger partial charge in [-0.2, -0.15) is 5.10 Å². The lowest BCUT2D eigenvalue weighted by Gasteiger charge is -2.15. The Morgan fingerprint density at radius 1 is 1.36 bits per heavy atom. The zero-order valence-corrected chi connectivity index (χ0v) is 16.3. The molecule has 2 aromatic rings. The summed E-state index contributed by atoms with van der Waals surface area (Å²) in [5.41, 5.74) is 2.22. The van der Waals surface area contributed by atoms with E-state index in [4.69, 9.17) is 9.47 Å². The maximum absolute atomic E-state index is 12.4. The van der Waals surface area contributed by atoms with E-state index in [0.29, 0.717) is 0 Å². The third-order valence-electron chi connectivity index (χ3n) is 4.31. The molecule has 1 amide bonds. The fourth-order valence-corrected chi connectivity index (χ4v) is 2.65. The number of amides is 1. The van der Waals surface area contributed by atoms with Crippen LogP contribution in [0, 0.1) is 24.0 Å². The number of carbonyl (C=O) groups is 2. The SMILES string of the molecule is COc1ccc([N+](=O)[O-])cc1NC(=O)C(C)OC(=O)Cc1c(C)nn(C)c1C. The van der Waals surface area contributed by atoms with Crippen molar-refractivity contribution >= 4 is 23.3 Å². The zero-order chi connectivity index (χ0) is 21.0. The van der Waals surface area contributed by atoms with E-state index in [1.165, 1.54) is 32.2 Å². The molecule has 1 unspecified atom stereocenters. The van der Waals surface area contributed by atoms with Gasteiger partial charge in [-0.05, 0) is 26.8 Å². The van der Waals surface area contributed by atoms with Crippen LogP contribution >= 0.6 is 0 Å². The Bertz CT molecular complexity index is 921. The molecule has 0 bridgehead atoms. The van der Waals surface area contributed by atoms with E-state index >= 15 is 0 Å². The number of nitrogens with zero attached hydrogens (tertiary/aromatic N) is 3. The summed E-state index contributed by atoms with van der Waals surface area (Å²) in [6.45, 7) is 5.05. The molecule has 1 heterocycles. The summed E-state index contributed by atoms with van der Waals surface area (Å²) in [4.78, 5) is 34.9. The van der Waals surface area contributed by atoms with Crippen LogP contribution in [-0.4, -0.2) is 39.8 Å². The van der Waals surface area contributed by atoms with E-state index in [0.717, 1.165) is 17.0 Å². The number of hydrogen-bond acceptors (Lipinski definition) is 7. The van der Waals surface area contributed by atoms with Gasteiger partial charge in [0.25, 0.3) is 11.6 Å². The van der Waals surface area contributed by atoms with Crippen LogP contribution in [0.5, 0.6) is 5.75 Å². The van der Waals surface area contributed by atoms with Crippen LogP contribution in [0.25, 0.3) is 0 Å². The zero-order valence-electron chi connectivity index (χ0n) is 16.3. The lowest BCUT2D eigenvalue weighted by Crippen LogP contribution is -2.30. The second kappa shape index (κ2) is 8.51. The van der Waals surface area contributed by atoms with Gasteiger partial charge in [0.2, 0.25) is 0 Å². The number of nitro groups is 1. The van der Waals surface area contributed by atoms with Gasteiger partial charge in [-0.25, -0.2) is 0 Å². The third kappa shape index (κ3) is 4.64.